The van der Waals surface area contributed by atoms with Crippen LogP contribution in [0.15, 0.2) is 30.4 Å². The molecule has 0 radical (unpaired) electrons. The molecule has 1 aromatic carbocycles. The van der Waals surface area contributed by atoms with Gasteiger partial charge in [-0.15, -0.1) is 0 Å². The number of hydrogen-bond donors (Lipinski definition) is 0. The van der Waals surface area contributed by atoms with Gasteiger partial charge in [-0.2, -0.15) is 0 Å². The number of nitrogens with zero attached hydrogens (tertiary/aromatic N) is 1. The number of rotatable bonds is 2. The Morgan fingerprint density at radius 3 is 2.83 bits per heavy atom. The maximum absolute atomic E-state index is 13.6. The molecule has 0 N–H and O–H groups in total. The standard InChI is InChI=1S/C12H11F2NO3/c1-7-4-11(15(16)17)12(18-6-7)9-5-8(13)2-3-10(9)14/h2-3,5,11-12H,1,4,6H2/t11-,12+/m0/s1. The summed E-state index contributed by atoms with van der Waals surface area (Å²) >= 11 is 0. The molecule has 1 fully saturated rings. The van der Waals surface area contributed by atoms with Crippen LogP contribution in [-0.2, 0) is 4.74 Å². The molecule has 4 nitrogen and oxygen atoms in total. The van der Waals surface area contributed by atoms with Crippen molar-refractivity contribution in [3.63, 3.8) is 0 Å². The largest absolute Gasteiger partial charge is 0.362 e. The smallest absolute Gasteiger partial charge is 0.246 e. The third-order valence-corrected chi connectivity index (χ3v) is 2.85. The topological polar surface area (TPSA) is 52.4 Å². The van der Waals surface area contributed by atoms with E-state index in [-0.39, 0.29) is 18.6 Å². The minimum Gasteiger partial charge on any atom is -0.362 e. The van der Waals surface area contributed by atoms with E-state index in [0.29, 0.717) is 5.57 Å². The number of nitro groups is 1. The van der Waals surface area contributed by atoms with Crippen molar-refractivity contribution in [2.75, 3.05) is 6.61 Å². The predicted molar refractivity (Wildman–Crippen MR) is 59.6 cm³/mol. The minimum absolute atomic E-state index is 0.105. The zero-order valence-electron chi connectivity index (χ0n) is 9.44. The van der Waals surface area contributed by atoms with Gasteiger partial charge in [0.25, 0.3) is 0 Å². The summed E-state index contributed by atoms with van der Waals surface area (Å²) in [6.07, 6.45) is -0.977. The van der Waals surface area contributed by atoms with Crippen LogP contribution in [0.1, 0.15) is 18.1 Å². The Hall–Kier alpha value is -1.82. The van der Waals surface area contributed by atoms with Gasteiger partial charge in [0.15, 0.2) is 6.10 Å². The van der Waals surface area contributed by atoms with Crippen LogP contribution in [-0.4, -0.2) is 17.6 Å². The summed E-state index contributed by atoms with van der Waals surface area (Å²) in [5, 5.41) is 10.9. The first-order valence-electron chi connectivity index (χ1n) is 5.35. The molecule has 0 saturated carbocycles. The second kappa shape index (κ2) is 4.81. The van der Waals surface area contributed by atoms with Gasteiger partial charge in [0.05, 0.1) is 6.61 Å². The van der Waals surface area contributed by atoms with Crippen molar-refractivity contribution in [2.45, 2.75) is 18.6 Å². The molecule has 0 aromatic heterocycles. The zero-order chi connectivity index (χ0) is 13.3. The fraction of sp³-hybridized carbons (Fsp3) is 0.333. The van der Waals surface area contributed by atoms with E-state index in [4.69, 9.17) is 4.74 Å². The first-order valence-corrected chi connectivity index (χ1v) is 5.35. The minimum atomic E-state index is -1.14. The molecule has 1 aliphatic heterocycles. The van der Waals surface area contributed by atoms with Gasteiger partial charge in [-0.1, -0.05) is 6.58 Å². The van der Waals surface area contributed by atoms with Crippen LogP contribution in [0.25, 0.3) is 0 Å². The second-order valence-corrected chi connectivity index (χ2v) is 4.20. The van der Waals surface area contributed by atoms with E-state index in [1.54, 1.807) is 0 Å². The monoisotopic (exact) mass is 255 g/mol. The molecule has 1 saturated heterocycles. The van der Waals surface area contributed by atoms with Gasteiger partial charge >= 0.3 is 0 Å². The summed E-state index contributed by atoms with van der Waals surface area (Å²) in [6.45, 7) is 3.73. The van der Waals surface area contributed by atoms with Crippen molar-refractivity contribution >= 4 is 0 Å². The summed E-state index contributed by atoms with van der Waals surface area (Å²) in [7, 11) is 0. The molecule has 0 unspecified atom stereocenters. The lowest BCUT2D eigenvalue weighted by atomic mass is 9.94. The molecular weight excluding hydrogens is 244 g/mol. The number of ether oxygens (including phenoxy) is 1. The van der Waals surface area contributed by atoms with Crippen LogP contribution in [0.2, 0.25) is 0 Å². The zero-order valence-corrected chi connectivity index (χ0v) is 9.44. The lowest BCUT2D eigenvalue weighted by Crippen LogP contribution is -2.35. The van der Waals surface area contributed by atoms with Crippen molar-refractivity contribution in [1.82, 2.24) is 0 Å². The van der Waals surface area contributed by atoms with Crippen LogP contribution >= 0.6 is 0 Å². The van der Waals surface area contributed by atoms with Gasteiger partial charge in [-0.05, 0) is 23.8 Å². The Balaban J connectivity index is 2.38. The quantitative estimate of drug-likeness (QED) is 0.463. The summed E-state index contributed by atoms with van der Waals surface area (Å²) in [6, 6.07) is 1.70. The lowest BCUT2D eigenvalue weighted by Gasteiger charge is -2.27. The van der Waals surface area contributed by atoms with Gasteiger partial charge in [-0.3, -0.25) is 10.1 Å². The number of halogens is 2. The first-order chi connectivity index (χ1) is 8.49. The highest BCUT2D eigenvalue weighted by atomic mass is 19.1. The van der Waals surface area contributed by atoms with E-state index in [9.17, 15) is 18.9 Å². The number of benzene rings is 1. The normalized spacial score (nSPS) is 24.0. The molecule has 96 valence electrons. The van der Waals surface area contributed by atoms with Crippen LogP contribution in [0, 0.1) is 21.7 Å². The van der Waals surface area contributed by atoms with Crippen molar-refractivity contribution < 1.29 is 18.4 Å². The summed E-state index contributed by atoms with van der Waals surface area (Å²) in [4.78, 5) is 10.4. The molecule has 0 amide bonds. The SMILES string of the molecule is C=C1CO[C@H](c2cc(F)ccc2F)[C@@H]([N+](=O)[O-])C1. The highest BCUT2D eigenvalue weighted by Gasteiger charge is 2.39. The molecule has 0 bridgehead atoms. The van der Waals surface area contributed by atoms with Gasteiger partial charge in [-0.25, -0.2) is 8.78 Å². The fourth-order valence-corrected chi connectivity index (χ4v) is 2.00. The summed E-state index contributed by atoms with van der Waals surface area (Å²) < 4.78 is 31.9. The van der Waals surface area contributed by atoms with E-state index in [2.05, 4.69) is 6.58 Å². The van der Waals surface area contributed by atoms with E-state index in [0.717, 1.165) is 18.2 Å². The van der Waals surface area contributed by atoms with Crippen LogP contribution in [0.4, 0.5) is 8.78 Å². The first kappa shape index (κ1) is 12.6. The van der Waals surface area contributed by atoms with E-state index >= 15 is 0 Å². The molecule has 0 spiro atoms. The van der Waals surface area contributed by atoms with Gasteiger partial charge in [0, 0.05) is 16.9 Å². The highest BCUT2D eigenvalue weighted by Crippen LogP contribution is 2.33. The Kier molecular flexibility index (Phi) is 3.38. The third kappa shape index (κ3) is 2.38. The van der Waals surface area contributed by atoms with E-state index in [1.807, 2.05) is 0 Å². The molecule has 1 heterocycles. The van der Waals surface area contributed by atoms with Crippen molar-refractivity contribution in [2.24, 2.45) is 0 Å². The molecule has 0 aliphatic carbocycles. The van der Waals surface area contributed by atoms with Crippen molar-refractivity contribution in [3.05, 3.63) is 57.7 Å². The molecule has 1 aliphatic rings. The molecule has 6 heteroatoms. The van der Waals surface area contributed by atoms with E-state index in [1.165, 1.54) is 0 Å². The van der Waals surface area contributed by atoms with E-state index < -0.39 is 28.7 Å². The summed E-state index contributed by atoms with van der Waals surface area (Å²) in [5.41, 5.74) is 0.453. The Bertz CT molecular complexity index is 504. The third-order valence-electron chi connectivity index (χ3n) is 2.85. The summed E-state index contributed by atoms with van der Waals surface area (Å²) in [5.74, 6) is -1.36. The maximum Gasteiger partial charge on any atom is 0.246 e. The average Bonchev–Trinajstić information content (AvgIpc) is 2.32. The average molecular weight is 255 g/mol. The molecule has 18 heavy (non-hydrogen) atoms. The molecule has 1 aromatic rings. The predicted octanol–water partition coefficient (Wildman–Crippen LogP) is 2.63. The van der Waals surface area contributed by atoms with Crippen molar-refractivity contribution in [3.8, 4) is 0 Å². The maximum atomic E-state index is 13.6. The fourth-order valence-electron chi connectivity index (χ4n) is 2.00. The van der Waals surface area contributed by atoms with Gasteiger partial charge in [0.2, 0.25) is 6.04 Å². The molecule has 2 atom stereocenters. The Morgan fingerprint density at radius 2 is 2.17 bits per heavy atom. The van der Waals surface area contributed by atoms with Crippen LogP contribution < -0.4 is 0 Å². The van der Waals surface area contributed by atoms with Gasteiger partial charge < -0.3 is 4.74 Å². The van der Waals surface area contributed by atoms with Crippen LogP contribution in [0.5, 0.6) is 0 Å². The number of hydrogen-bond acceptors (Lipinski definition) is 3. The van der Waals surface area contributed by atoms with Crippen LogP contribution in [0.3, 0.4) is 0 Å². The Labute approximate surface area is 102 Å². The lowest BCUT2D eigenvalue weighted by molar-refractivity contribution is -0.539. The highest BCUT2D eigenvalue weighted by molar-refractivity contribution is 5.24. The Morgan fingerprint density at radius 1 is 1.44 bits per heavy atom. The molecular formula is C12H11F2NO3. The van der Waals surface area contributed by atoms with Crippen molar-refractivity contribution in [1.29, 1.82) is 0 Å². The van der Waals surface area contributed by atoms with Gasteiger partial charge in [0.1, 0.15) is 11.6 Å². The second-order valence-electron chi connectivity index (χ2n) is 4.20. The molecule has 2 rings (SSSR count).